The molecule has 0 amide bonds. The third kappa shape index (κ3) is 3.27. The van der Waals surface area contributed by atoms with E-state index >= 15 is 0 Å². The molecule has 146 valence electrons. The summed E-state index contributed by atoms with van der Waals surface area (Å²) in [5, 5.41) is 1.05. The molecular formula is C27H22N2S. The molecule has 0 N–H and O–H groups in total. The van der Waals surface area contributed by atoms with Gasteiger partial charge in [0, 0.05) is 36.5 Å². The number of rotatable bonds is 4. The Hall–Kier alpha value is -3.43. The van der Waals surface area contributed by atoms with Crippen LogP contribution < -0.4 is 4.90 Å². The van der Waals surface area contributed by atoms with Crippen molar-refractivity contribution in [2.45, 2.75) is 0 Å². The molecular weight excluding hydrogens is 384 g/mol. The molecule has 0 radical (unpaired) electrons. The van der Waals surface area contributed by atoms with Crippen molar-refractivity contribution in [1.82, 2.24) is 4.98 Å². The molecule has 0 bridgehead atoms. The molecule has 1 aromatic heterocycles. The van der Waals surface area contributed by atoms with Gasteiger partial charge in [-0.05, 0) is 35.4 Å². The number of aromatic nitrogens is 1. The van der Waals surface area contributed by atoms with Crippen molar-refractivity contribution < 1.29 is 0 Å². The quantitative estimate of drug-likeness (QED) is 0.310. The van der Waals surface area contributed by atoms with Crippen molar-refractivity contribution in [2.24, 2.45) is 0 Å². The molecule has 2 nitrogen and oxygen atoms in total. The van der Waals surface area contributed by atoms with Gasteiger partial charge in [0.05, 0.1) is 10.2 Å². The molecule has 0 aliphatic carbocycles. The summed E-state index contributed by atoms with van der Waals surface area (Å²) in [7, 11) is 4.21. The highest BCUT2D eigenvalue weighted by molar-refractivity contribution is 7.21. The van der Waals surface area contributed by atoms with Crippen LogP contribution in [0, 0.1) is 0 Å². The van der Waals surface area contributed by atoms with Crippen LogP contribution in [0.2, 0.25) is 0 Å². The SMILES string of the molecule is CN(C)c1ccc(-c2nc3ccccc3s2)c(-c2ccccc2)c1-c1ccccc1. The highest BCUT2D eigenvalue weighted by Gasteiger charge is 2.20. The standard InChI is InChI=1S/C27H22N2S/c1-29(2)23-18-17-21(27-28-22-15-9-10-16-24(22)30-27)25(19-11-5-3-6-12-19)26(23)20-13-7-4-8-14-20/h3-18H,1-2H3. The number of thiazole rings is 1. The zero-order valence-corrected chi connectivity index (χ0v) is 17.9. The van der Waals surface area contributed by atoms with Crippen LogP contribution in [-0.2, 0) is 0 Å². The summed E-state index contributed by atoms with van der Waals surface area (Å²) in [6, 6.07) is 34.1. The molecule has 5 aromatic rings. The Bertz CT molecular complexity index is 1270. The van der Waals surface area contributed by atoms with Crippen LogP contribution in [0.15, 0.2) is 97.1 Å². The first-order valence-corrected chi connectivity index (χ1v) is 10.8. The average molecular weight is 407 g/mol. The zero-order chi connectivity index (χ0) is 20.5. The van der Waals surface area contributed by atoms with Gasteiger partial charge in [0.15, 0.2) is 0 Å². The summed E-state index contributed by atoms with van der Waals surface area (Å²) >= 11 is 1.75. The number of nitrogens with zero attached hydrogens (tertiary/aromatic N) is 2. The van der Waals surface area contributed by atoms with Crippen molar-refractivity contribution in [3.63, 3.8) is 0 Å². The van der Waals surface area contributed by atoms with E-state index in [-0.39, 0.29) is 0 Å². The Balaban J connectivity index is 1.88. The van der Waals surface area contributed by atoms with Gasteiger partial charge in [-0.15, -0.1) is 11.3 Å². The average Bonchev–Trinajstić information content (AvgIpc) is 3.23. The predicted octanol–water partition coefficient (Wildman–Crippen LogP) is 7.36. The summed E-state index contributed by atoms with van der Waals surface area (Å²) in [5.41, 5.74) is 8.30. The second-order valence-corrected chi connectivity index (χ2v) is 8.53. The molecule has 0 atom stereocenters. The maximum absolute atomic E-state index is 4.98. The molecule has 0 saturated heterocycles. The molecule has 0 aliphatic rings. The van der Waals surface area contributed by atoms with Crippen molar-refractivity contribution in [1.29, 1.82) is 0 Å². The first-order valence-electron chi connectivity index (χ1n) is 10.0. The number of anilines is 1. The number of hydrogen-bond donors (Lipinski definition) is 0. The van der Waals surface area contributed by atoms with E-state index in [1.54, 1.807) is 11.3 Å². The summed E-state index contributed by atoms with van der Waals surface area (Å²) in [4.78, 5) is 7.17. The van der Waals surface area contributed by atoms with E-state index in [9.17, 15) is 0 Å². The van der Waals surface area contributed by atoms with Crippen molar-refractivity contribution in [3.8, 4) is 32.8 Å². The van der Waals surface area contributed by atoms with Gasteiger partial charge in [-0.1, -0.05) is 72.8 Å². The van der Waals surface area contributed by atoms with E-state index in [2.05, 4.69) is 116 Å². The first-order chi connectivity index (χ1) is 14.7. The summed E-state index contributed by atoms with van der Waals surface area (Å²) < 4.78 is 1.21. The second kappa shape index (κ2) is 7.77. The van der Waals surface area contributed by atoms with Crippen LogP contribution in [0.25, 0.3) is 43.0 Å². The molecule has 0 saturated carbocycles. The van der Waals surface area contributed by atoms with Crippen LogP contribution in [0.1, 0.15) is 0 Å². The van der Waals surface area contributed by atoms with Crippen LogP contribution in [0.4, 0.5) is 5.69 Å². The zero-order valence-electron chi connectivity index (χ0n) is 17.0. The molecule has 0 aliphatic heterocycles. The fraction of sp³-hybridized carbons (Fsp3) is 0.0741. The van der Waals surface area contributed by atoms with E-state index in [4.69, 9.17) is 4.98 Å². The molecule has 5 rings (SSSR count). The lowest BCUT2D eigenvalue weighted by Crippen LogP contribution is -2.11. The van der Waals surface area contributed by atoms with Crippen LogP contribution >= 0.6 is 11.3 Å². The summed E-state index contributed by atoms with van der Waals surface area (Å²) in [6.07, 6.45) is 0. The van der Waals surface area contributed by atoms with E-state index in [0.29, 0.717) is 0 Å². The molecule has 0 spiro atoms. The smallest absolute Gasteiger partial charge is 0.125 e. The van der Waals surface area contributed by atoms with Gasteiger partial charge in [0.25, 0.3) is 0 Å². The Kier molecular flexibility index (Phi) is 4.82. The second-order valence-electron chi connectivity index (χ2n) is 7.50. The van der Waals surface area contributed by atoms with E-state index in [0.717, 1.165) is 10.5 Å². The molecule has 0 fully saturated rings. The Labute approximate surface area is 181 Å². The number of hydrogen-bond acceptors (Lipinski definition) is 3. The summed E-state index contributed by atoms with van der Waals surface area (Å²) in [5.74, 6) is 0. The minimum Gasteiger partial charge on any atom is -0.377 e. The number of para-hydroxylation sites is 1. The molecule has 3 heteroatoms. The van der Waals surface area contributed by atoms with Gasteiger partial charge in [0.1, 0.15) is 5.01 Å². The maximum atomic E-state index is 4.98. The Morgan fingerprint density at radius 1 is 0.633 bits per heavy atom. The minimum absolute atomic E-state index is 1.05. The number of fused-ring (bicyclic) bond motifs is 1. The largest absolute Gasteiger partial charge is 0.377 e. The van der Waals surface area contributed by atoms with E-state index < -0.39 is 0 Å². The van der Waals surface area contributed by atoms with Gasteiger partial charge in [-0.3, -0.25) is 0 Å². The van der Waals surface area contributed by atoms with Crippen molar-refractivity contribution >= 4 is 27.2 Å². The molecule has 30 heavy (non-hydrogen) atoms. The monoisotopic (exact) mass is 406 g/mol. The normalized spacial score (nSPS) is 11.0. The van der Waals surface area contributed by atoms with Gasteiger partial charge >= 0.3 is 0 Å². The number of benzene rings is 4. The summed E-state index contributed by atoms with van der Waals surface area (Å²) in [6.45, 7) is 0. The Morgan fingerprint density at radius 2 is 1.23 bits per heavy atom. The molecule has 1 heterocycles. The topological polar surface area (TPSA) is 16.1 Å². The van der Waals surface area contributed by atoms with Gasteiger partial charge in [-0.2, -0.15) is 0 Å². The molecule has 4 aromatic carbocycles. The van der Waals surface area contributed by atoms with E-state index in [1.165, 1.54) is 38.2 Å². The van der Waals surface area contributed by atoms with Gasteiger partial charge < -0.3 is 4.90 Å². The Morgan fingerprint density at radius 3 is 1.87 bits per heavy atom. The maximum Gasteiger partial charge on any atom is 0.125 e. The highest BCUT2D eigenvalue weighted by atomic mass is 32.1. The fourth-order valence-electron chi connectivity index (χ4n) is 3.93. The van der Waals surface area contributed by atoms with Crippen LogP contribution in [-0.4, -0.2) is 19.1 Å². The lowest BCUT2D eigenvalue weighted by Gasteiger charge is -2.23. The third-order valence-corrected chi connectivity index (χ3v) is 6.38. The van der Waals surface area contributed by atoms with Crippen LogP contribution in [0.5, 0.6) is 0 Å². The molecule has 0 unspecified atom stereocenters. The fourth-order valence-corrected chi connectivity index (χ4v) is 4.93. The minimum atomic E-state index is 1.05. The highest BCUT2D eigenvalue weighted by Crippen LogP contribution is 2.46. The lowest BCUT2D eigenvalue weighted by atomic mass is 9.89. The van der Waals surface area contributed by atoms with Crippen molar-refractivity contribution in [2.75, 3.05) is 19.0 Å². The predicted molar refractivity (Wildman–Crippen MR) is 130 cm³/mol. The van der Waals surface area contributed by atoms with Crippen LogP contribution in [0.3, 0.4) is 0 Å². The van der Waals surface area contributed by atoms with Crippen molar-refractivity contribution in [3.05, 3.63) is 97.1 Å². The van der Waals surface area contributed by atoms with Gasteiger partial charge in [-0.25, -0.2) is 4.98 Å². The first kappa shape index (κ1) is 18.6. The third-order valence-electron chi connectivity index (χ3n) is 5.31. The lowest BCUT2D eigenvalue weighted by molar-refractivity contribution is 1.13. The van der Waals surface area contributed by atoms with Gasteiger partial charge in [0.2, 0.25) is 0 Å². The van der Waals surface area contributed by atoms with E-state index in [1.807, 2.05) is 0 Å².